The Morgan fingerprint density at radius 1 is 1.32 bits per heavy atom. The molecule has 3 nitrogen and oxygen atoms in total. The van der Waals surface area contributed by atoms with Gasteiger partial charge in [0, 0.05) is 18.0 Å². The first-order chi connectivity index (χ1) is 10.4. The van der Waals surface area contributed by atoms with Crippen LogP contribution in [0.2, 0.25) is 0 Å². The molecule has 0 spiro atoms. The molecule has 2 rings (SSSR count). The van der Waals surface area contributed by atoms with Gasteiger partial charge in [0.05, 0.1) is 12.7 Å². The Hall–Kier alpha value is -0.990. The van der Waals surface area contributed by atoms with E-state index < -0.39 is 0 Å². The number of amides is 1. The fourth-order valence-electron chi connectivity index (χ4n) is 3.48. The van der Waals surface area contributed by atoms with E-state index in [9.17, 15) is 4.79 Å². The number of ether oxygens (including phenoxy) is 1. The van der Waals surface area contributed by atoms with Crippen molar-refractivity contribution in [2.24, 2.45) is 11.3 Å². The molecule has 0 bridgehead atoms. The predicted octanol–water partition coefficient (Wildman–Crippen LogP) is 4.77. The smallest absolute Gasteiger partial charge is 0.253 e. The van der Waals surface area contributed by atoms with Crippen molar-refractivity contribution in [2.75, 3.05) is 13.7 Å². The summed E-state index contributed by atoms with van der Waals surface area (Å²) in [6.07, 6.45) is 5.85. The minimum Gasteiger partial charge on any atom is -0.500 e. The molecule has 0 radical (unpaired) electrons. The van der Waals surface area contributed by atoms with Crippen LogP contribution in [0.25, 0.3) is 0 Å². The molecule has 1 fully saturated rings. The SMILES string of the molecule is CC.COC1=C(C)C(=O)N(C2CCC2)CC1(C)CCC(C)C. The highest BCUT2D eigenvalue weighted by Crippen LogP contribution is 2.43. The summed E-state index contributed by atoms with van der Waals surface area (Å²) in [6.45, 7) is 13.5. The Morgan fingerprint density at radius 3 is 2.32 bits per heavy atom. The third-order valence-corrected chi connectivity index (χ3v) is 4.98. The van der Waals surface area contributed by atoms with E-state index >= 15 is 0 Å². The zero-order valence-corrected chi connectivity index (χ0v) is 15.7. The van der Waals surface area contributed by atoms with Crippen LogP contribution in [-0.4, -0.2) is 30.5 Å². The van der Waals surface area contributed by atoms with Crippen LogP contribution in [-0.2, 0) is 9.53 Å². The molecule has 1 saturated carbocycles. The van der Waals surface area contributed by atoms with E-state index in [4.69, 9.17) is 4.74 Å². The van der Waals surface area contributed by atoms with Gasteiger partial charge in [0.1, 0.15) is 5.76 Å². The van der Waals surface area contributed by atoms with Gasteiger partial charge in [0.2, 0.25) is 0 Å². The summed E-state index contributed by atoms with van der Waals surface area (Å²) >= 11 is 0. The molecule has 22 heavy (non-hydrogen) atoms. The van der Waals surface area contributed by atoms with Gasteiger partial charge in [-0.15, -0.1) is 0 Å². The second-order valence-corrected chi connectivity index (χ2v) is 7.17. The quantitative estimate of drug-likeness (QED) is 0.732. The second kappa shape index (κ2) is 8.03. The normalized spacial score (nSPS) is 25.8. The molecule has 0 aromatic carbocycles. The molecule has 0 saturated heterocycles. The van der Waals surface area contributed by atoms with Gasteiger partial charge < -0.3 is 9.64 Å². The minimum atomic E-state index is -0.0212. The first-order valence-corrected chi connectivity index (χ1v) is 8.95. The van der Waals surface area contributed by atoms with Crippen molar-refractivity contribution < 1.29 is 9.53 Å². The van der Waals surface area contributed by atoms with Crippen LogP contribution < -0.4 is 0 Å². The van der Waals surface area contributed by atoms with Crippen LogP contribution in [0.1, 0.15) is 73.6 Å². The first kappa shape index (κ1) is 19.1. The van der Waals surface area contributed by atoms with Crippen molar-refractivity contribution in [2.45, 2.75) is 79.7 Å². The topological polar surface area (TPSA) is 29.5 Å². The first-order valence-electron chi connectivity index (χ1n) is 8.95. The third kappa shape index (κ3) is 3.85. The van der Waals surface area contributed by atoms with Gasteiger partial charge >= 0.3 is 0 Å². The minimum absolute atomic E-state index is 0.0212. The van der Waals surface area contributed by atoms with Gasteiger partial charge in [0.15, 0.2) is 0 Å². The molecule has 0 aromatic heterocycles. The monoisotopic (exact) mass is 309 g/mol. The number of methoxy groups -OCH3 is 1. The Bertz CT molecular complexity index is 410. The van der Waals surface area contributed by atoms with Crippen molar-refractivity contribution in [1.29, 1.82) is 0 Å². The van der Waals surface area contributed by atoms with E-state index in [0.717, 1.165) is 24.3 Å². The molecule has 0 aromatic rings. The number of carbonyl (C=O) groups is 1. The van der Waals surface area contributed by atoms with Crippen LogP contribution >= 0.6 is 0 Å². The molecule has 3 heteroatoms. The number of hydrogen-bond acceptors (Lipinski definition) is 2. The molecule has 1 aliphatic carbocycles. The molecule has 2 aliphatic rings. The van der Waals surface area contributed by atoms with E-state index in [-0.39, 0.29) is 11.3 Å². The summed E-state index contributed by atoms with van der Waals surface area (Å²) in [5.41, 5.74) is 0.795. The van der Waals surface area contributed by atoms with Crippen LogP contribution in [0, 0.1) is 11.3 Å². The lowest BCUT2D eigenvalue weighted by molar-refractivity contribution is -0.135. The van der Waals surface area contributed by atoms with Crippen LogP contribution in [0.3, 0.4) is 0 Å². The van der Waals surface area contributed by atoms with E-state index in [2.05, 4.69) is 25.7 Å². The van der Waals surface area contributed by atoms with E-state index in [1.807, 2.05) is 20.8 Å². The van der Waals surface area contributed by atoms with E-state index in [1.54, 1.807) is 7.11 Å². The Morgan fingerprint density at radius 2 is 1.91 bits per heavy atom. The third-order valence-electron chi connectivity index (χ3n) is 4.98. The molecule has 1 amide bonds. The lowest BCUT2D eigenvalue weighted by Gasteiger charge is -2.47. The molecule has 1 aliphatic heterocycles. The van der Waals surface area contributed by atoms with Crippen LogP contribution in [0.4, 0.5) is 0 Å². The number of nitrogens with zero attached hydrogens (tertiary/aromatic N) is 1. The molecule has 128 valence electrons. The number of hydrogen-bond donors (Lipinski definition) is 0. The molecule has 0 N–H and O–H groups in total. The summed E-state index contributed by atoms with van der Waals surface area (Å²) in [6, 6.07) is 0.467. The summed E-state index contributed by atoms with van der Waals surface area (Å²) in [5, 5.41) is 0. The van der Waals surface area contributed by atoms with Crippen molar-refractivity contribution in [1.82, 2.24) is 4.90 Å². The van der Waals surface area contributed by atoms with Crippen molar-refractivity contribution in [3.05, 3.63) is 11.3 Å². The zero-order chi connectivity index (χ0) is 16.9. The van der Waals surface area contributed by atoms with Crippen molar-refractivity contribution >= 4 is 5.91 Å². The number of rotatable bonds is 5. The largest absolute Gasteiger partial charge is 0.500 e. The lowest BCUT2D eigenvalue weighted by atomic mass is 9.75. The predicted molar refractivity (Wildman–Crippen MR) is 92.6 cm³/mol. The molecular formula is C19H35NO2. The summed E-state index contributed by atoms with van der Waals surface area (Å²) < 4.78 is 5.63. The Labute approximate surface area is 137 Å². The average molecular weight is 309 g/mol. The highest BCUT2D eigenvalue weighted by Gasteiger charge is 2.44. The maximum Gasteiger partial charge on any atom is 0.253 e. The van der Waals surface area contributed by atoms with Gasteiger partial charge in [-0.05, 0) is 44.9 Å². The van der Waals surface area contributed by atoms with E-state index in [0.29, 0.717) is 12.0 Å². The summed E-state index contributed by atoms with van der Waals surface area (Å²) in [5.74, 6) is 1.78. The van der Waals surface area contributed by atoms with Crippen molar-refractivity contribution in [3.63, 3.8) is 0 Å². The standard InChI is InChI=1S/C17H29NO2.C2H6/c1-12(2)9-10-17(4)11-18(14-7-6-8-14)16(19)13(3)15(17)20-5;1-2/h12,14H,6-11H2,1-5H3;1-2H3. The van der Waals surface area contributed by atoms with Gasteiger partial charge in [-0.2, -0.15) is 0 Å². The van der Waals surface area contributed by atoms with Gasteiger partial charge in [-0.25, -0.2) is 0 Å². The highest BCUT2D eigenvalue weighted by molar-refractivity contribution is 5.95. The highest BCUT2D eigenvalue weighted by atomic mass is 16.5. The van der Waals surface area contributed by atoms with E-state index in [1.165, 1.54) is 25.7 Å². The average Bonchev–Trinajstić information content (AvgIpc) is 2.43. The zero-order valence-electron chi connectivity index (χ0n) is 15.7. The maximum absolute atomic E-state index is 12.5. The lowest BCUT2D eigenvalue weighted by Crippen LogP contribution is -2.53. The summed E-state index contributed by atoms with van der Waals surface area (Å²) in [7, 11) is 1.71. The molecule has 1 atom stereocenters. The molecule has 1 heterocycles. The van der Waals surface area contributed by atoms with Crippen LogP contribution in [0.15, 0.2) is 11.3 Å². The summed E-state index contributed by atoms with van der Waals surface area (Å²) in [4.78, 5) is 14.7. The molecular weight excluding hydrogens is 274 g/mol. The fraction of sp³-hybridized carbons (Fsp3) is 0.842. The van der Waals surface area contributed by atoms with Gasteiger partial charge in [-0.1, -0.05) is 34.6 Å². The Kier molecular flexibility index (Phi) is 6.96. The van der Waals surface area contributed by atoms with Crippen molar-refractivity contribution in [3.8, 4) is 0 Å². The number of carbonyl (C=O) groups excluding carboxylic acids is 1. The maximum atomic E-state index is 12.5. The molecule has 1 unspecified atom stereocenters. The Balaban J connectivity index is 0.00000116. The van der Waals surface area contributed by atoms with Gasteiger partial charge in [-0.3, -0.25) is 4.79 Å². The van der Waals surface area contributed by atoms with Crippen LogP contribution in [0.5, 0.6) is 0 Å². The fourth-order valence-corrected chi connectivity index (χ4v) is 3.48. The van der Waals surface area contributed by atoms with Gasteiger partial charge in [0.25, 0.3) is 5.91 Å². The second-order valence-electron chi connectivity index (χ2n) is 7.17.